The molecule has 1 aliphatic heterocycles. The van der Waals surface area contributed by atoms with Crippen LogP contribution >= 0.6 is 0 Å². The van der Waals surface area contributed by atoms with Gasteiger partial charge in [-0.1, -0.05) is 20.8 Å². The van der Waals surface area contributed by atoms with Gasteiger partial charge in [0.25, 0.3) is 0 Å². The van der Waals surface area contributed by atoms with Crippen molar-refractivity contribution in [3.63, 3.8) is 0 Å². The van der Waals surface area contributed by atoms with Gasteiger partial charge in [0, 0.05) is 23.9 Å². The molecular weight excluding hydrogens is 357 g/mol. The molecule has 1 fully saturated rings. The number of piperidine rings is 1. The highest BCUT2D eigenvalue weighted by Crippen LogP contribution is 2.40. The van der Waals surface area contributed by atoms with Gasteiger partial charge in [0.2, 0.25) is 0 Å². The van der Waals surface area contributed by atoms with Crippen LogP contribution in [0.15, 0.2) is 0 Å². The fourth-order valence-electron chi connectivity index (χ4n) is 3.07. The second-order valence-corrected chi connectivity index (χ2v) is 10.7. The van der Waals surface area contributed by atoms with Crippen LogP contribution in [0.2, 0.25) is 0 Å². The summed E-state index contributed by atoms with van der Waals surface area (Å²) in [6, 6.07) is -2.45. The van der Waals surface area contributed by atoms with E-state index in [-0.39, 0.29) is 19.4 Å². The number of halogens is 3. The summed E-state index contributed by atoms with van der Waals surface area (Å²) in [6.07, 6.45) is -5.52. The smallest absolute Gasteiger partial charge is 0.408 e. The lowest BCUT2D eigenvalue weighted by atomic mass is 9.75. The van der Waals surface area contributed by atoms with Gasteiger partial charge in [0.15, 0.2) is 6.04 Å². The normalized spacial score (nSPS) is 25.6. The van der Waals surface area contributed by atoms with Crippen molar-refractivity contribution < 1.29 is 27.6 Å². The van der Waals surface area contributed by atoms with E-state index in [4.69, 9.17) is 0 Å². The van der Waals surface area contributed by atoms with Crippen LogP contribution in [0.5, 0.6) is 0 Å². The molecule has 25 heavy (non-hydrogen) atoms. The van der Waals surface area contributed by atoms with Crippen molar-refractivity contribution in [3.05, 3.63) is 0 Å². The van der Waals surface area contributed by atoms with Crippen molar-refractivity contribution >= 4 is 17.5 Å². The van der Waals surface area contributed by atoms with Crippen molar-refractivity contribution in [2.24, 2.45) is 11.3 Å². The predicted octanol–water partition coefficient (Wildman–Crippen LogP) is 3.77. The average molecular weight is 386 g/mol. The van der Waals surface area contributed by atoms with Crippen LogP contribution in [0.4, 0.5) is 18.0 Å². The number of nitrogens with zero attached hydrogens (tertiary/aromatic N) is 1. The number of rotatable bonds is 3. The topological polar surface area (TPSA) is 75.6 Å². The molecule has 5 nitrogen and oxygen atoms in total. The largest absolute Gasteiger partial charge is 0.598 e. The Morgan fingerprint density at radius 2 is 1.76 bits per heavy atom. The quantitative estimate of drug-likeness (QED) is 0.724. The summed E-state index contributed by atoms with van der Waals surface area (Å²) in [5.74, 6) is -0.828. The average Bonchev–Trinajstić information content (AvgIpc) is 2.40. The Labute approximate surface area is 150 Å². The molecule has 2 N–H and O–H groups in total. The van der Waals surface area contributed by atoms with Crippen LogP contribution in [0.3, 0.4) is 0 Å². The molecule has 0 saturated carbocycles. The van der Waals surface area contributed by atoms with Crippen LogP contribution < -0.4 is 4.72 Å². The first kappa shape index (κ1) is 22.4. The van der Waals surface area contributed by atoms with Gasteiger partial charge >= 0.3 is 12.3 Å². The highest BCUT2D eigenvalue weighted by atomic mass is 32.2. The molecule has 148 valence electrons. The Morgan fingerprint density at radius 3 is 2.12 bits per heavy atom. The van der Waals surface area contributed by atoms with Crippen molar-refractivity contribution in [3.8, 4) is 0 Å². The van der Waals surface area contributed by atoms with Crippen LogP contribution in [0.25, 0.3) is 0 Å². The Kier molecular flexibility index (Phi) is 6.73. The fourth-order valence-corrected chi connectivity index (χ4v) is 3.98. The fraction of sp³-hybridized carbons (Fsp3) is 0.938. The number of hydrogen-bond acceptors (Lipinski definition) is 3. The molecule has 4 atom stereocenters. The van der Waals surface area contributed by atoms with E-state index in [1.807, 2.05) is 20.8 Å². The first-order valence-corrected chi connectivity index (χ1v) is 9.44. The number of carbonyl (C=O) groups is 1. The maximum atomic E-state index is 13.6. The molecule has 0 aromatic heterocycles. The summed E-state index contributed by atoms with van der Waals surface area (Å²) < 4.78 is 54.5. The van der Waals surface area contributed by atoms with E-state index in [9.17, 15) is 27.6 Å². The van der Waals surface area contributed by atoms with Gasteiger partial charge < -0.3 is 14.6 Å². The molecule has 0 spiro atoms. The molecule has 1 heterocycles. The second kappa shape index (κ2) is 7.52. The number of amides is 1. The van der Waals surface area contributed by atoms with E-state index in [1.54, 1.807) is 20.8 Å². The molecule has 0 unspecified atom stereocenters. The Bertz CT molecular complexity index is 475. The minimum atomic E-state index is -4.56. The molecule has 9 heteroatoms. The summed E-state index contributed by atoms with van der Waals surface area (Å²) >= 11 is -1.87. The zero-order valence-corrected chi connectivity index (χ0v) is 16.4. The van der Waals surface area contributed by atoms with Crippen molar-refractivity contribution in [2.75, 3.05) is 6.54 Å². The van der Waals surface area contributed by atoms with Crippen LogP contribution in [-0.2, 0) is 11.4 Å². The van der Waals surface area contributed by atoms with Crippen molar-refractivity contribution in [1.82, 2.24) is 9.62 Å². The first-order chi connectivity index (χ1) is 11.0. The Hall–Kier alpha value is -0.670. The molecule has 0 bridgehead atoms. The second-order valence-electron chi connectivity index (χ2n) is 8.66. The van der Waals surface area contributed by atoms with Gasteiger partial charge in [-0.2, -0.15) is 13.2 Å². The number of nitrogens with one attached hydrogen (secondary N) is 1. The number of alkyl halides is 3. The molecule has 0 aromatic carbocycles. The lowest BCUT2D eigenvalue weighted by Crippen LogP contribution is -2.59. The molecule has 0 radical (unpaired) electrons. The summed E-state index contributed by atoms with van der Waals surface area (Å²) in [5.41, 5.74) is -0.490. The third-order valence-corrected chi connectivity index (χ3v) is 6.08. The van der Waals surface area contributed by atoms with Gasteiger partial charge in [-0.25, -0.2) is 4.79 Å². The van der Waals surface area contributed by atoms with Gasteiger partial charge in [0.1, 0.15) is 4.75 Å². The van der Waals surface area contributed by atoms with E-state index in [0.29, 0.717) is 0 Å². The summed E-state index contributed by atoms with van der Waals surface area (Å²) in [5, 5.41) is 9.35. The maximum absolute atomic E-state index is 13.6. The van der Waals surface area contributed by atoms with E-state index in [1.165, 1.54) is 4.90 Å². The maximum Gasteiger partial charge on any atom is 0.408 e. The highest BCUT2D eigenvalue weighted by Gasteiger charge is 2.52. The minimum absolute atomic E-state index is 0.0400. The van der Waals surface area contributed by atoms with Gasteiger partial charge in [-0.15, -0.1) is 4.72 Å². The zero-order chi connectivity index (χ0) is 19.8. The molecular formula is C16H29F3N2O3S. The molecule has 1 amide bonds. The van der Waals surface area contributed by atoms with E-state index < -0.39 is 51.8 Å². The number of likely N-dealkylation sites (tertiary alicyclic amines) is 1. The predicted molar refractivity (Wildman–Crippen MR) is 91.6 cm³/mol. The highest BCUT2D eigenvalue weighted by molar-refractivity contribution is 7.90. The first-order valence-electron chi connectivity index (χ1n) is 8.29. The van der Waals surface area contributed by atoms with E-state index in [0.717, 1.165) is 0 Å². The Balaban J connectivity index is 3.06. The monoisotopic (exact) mass is 386 g/mol. The van der Waals surface area contributed by atoms with Gasteiger partial charge in [-0.3, -0.25) is 0 Å². The molecule has 1 rings (SSSR count). The molecule has 1 aliphatic rings. The molecule has 1 saturated heterocycles. The number of carboxylic acid groups (broad SMARTS) is 1. The van der Waals surface area contributed by atoms with Crippen molar-refractivity contribution in [2.45, 2.75) is 77.4 Å². The summed E-state index contributed by atoms with van der Waals surface area (Å²) in [7, 11) is 0. The molecule has 0 aromatic rings. The lowest BCUT2D eigenvalue weighted by molar-refractivity contribution is -0.169. The van der Waals surface area contributed by atoms with Crippen LogP contribution in [-0.4, -0.2) is 50.2 Å². The third kappa shape index (κ3) is 5.92. The standard InChI is InChI=1S/C16H29F3N2O3S/c1-14(2,3)11-9-10(7-8-21(11)13(22)23)12(16(17,18)19)20-25(24)15(4,5)6/h10-12,20H,7-9H2,1-6H3,(H,22,23)/t10-,11-,12+,25-/m0/s1. The number of hydrogen-bond donors (Lipinski definition) is 2. The van der Waals surface area contributed by atoms with E-state index >= 15 is 0 Å². The third-order valence-electron chi connectivity index (χ3n) is 4.50. The van der Waals surface area contributed by atoms with Gasteiger partial charge in [0.05, 0.1) is 0 Å². The Morgan fingerprint density at radius 1 is 1.24 bits per heavy atom. The molecule has 0 aliphatic carbocycles. The van der Waals surface area contributed by atoms with Crippen LogP contribution in [0.1, 0.15) is 54.4 Å². The summed E-state index contributed by atoms with van der Waals surface area (Å²) in [6.45, 7) is 10.3. The zero-order valence-electron chi connectivity index (χ0n) is 15.6. The minimum Gasteiger partial charge on any atom is -0.598 e. The summed E-state index contributed by atoms with van der Waals surface area (Å²) in [4.78, 5) is 12.7. The van der Waals surface area contributed by atoms with Gasteiger partial charge in [-0.05, 0) is 44.9 Å². The van der Waals surface area contributed by atoms with E-state index in [2.05, 4.69) is 4.72 Å². The SMILES string of the molecule is CC(C)(C)[C@@H]1C[C@@H]([C@@H](N[S@@+]([O-])C(C)(C)C)C(F)(F)F)CCN1C(=O)O. The van der Waals surface area contributed by atoms with Crippen molar-refractivity contribution in [1.29, 1.82) is 0 Å². The van der Waals surface area contributed by atoms with Crippen LogP contribution in [0, 0.1) is 11.3 Å². The lowest BCUT2D eigenvalue weighted by Gasteiger charge is -2.46.